The van der Waals surface area contributed by atoms with Gasteiger partial charge in [0.1, 0.15) is 0 Å². The highest BCUT2D eigenvalue weighted by molar-refractivity contribution is 5.24. The van der Waals surface area contributed by atoms with E-state index in [1.54, 1.807) is 18.6 Å². The Morgan fingerprint density at radius 3 is 2.68 bits per heavy atom. The molecule has 0 radical (unpaired) electrons. The lowest BCUT2D eigenvalue weighted by atomic mass is 10.0. The Bertz CT molecular complexity index is 534. The minimum atomic E-state index is 0.00714. The van der Waals surface area contributed by atoms with Gasteiger partial charge in [0.2, 0.25) is 0 Å². The van der Waals surface area contributed by atoms with Crippen molar-refractivity contribution in [3.05, 3.63) is 41.2 Å². The molecule has 2 rings (SSSR count). The van der Waals surface area contributed by atoms with E-state index in [2.05, 4.69) is 27.4 Å². The van der Waals surface area contributed by atoms with Crippen LogP contribution in [0.4, 0.5) is 0 Å². The molecule has 19 heavy (non-hydrogen) atoms. The second-order valence-electron chi connectivity index (χ2n) is 4.66. The van der Waals surface area contributed by atoms with Crippen LogP contribution < -0.4 is 11.3 Å². The van der Waals surface area contributed by atoms with Crippen LogP contribution in [-0.2, 0) is 13.5 Å². The van der Waals surface area contributed by atoms with Gasteiger partial charge in [-0.2, -0.15) is 5.10 Å². The molecule has 0 aromatic carbocycles. The van der Waals surface area contributed by atoms with Crippen LogP contribution in [-0.4, -0.2) is 19.7 Å². The maximum Gasteiger partial charge on any atom is 0.0769 e. The molecule has 1 unspecified atom stereocenters. The van der Waals surface area contributed by atoms with Crippen molar-refractivity contribution in [2.45, 2.75) is 32.7 Å². The van der Waals surface area contributed by atoms with Gasteiger partial charge in [-0.3, -0.25) is 25.9 Å². The first-order valence-corrected chi connectivity index (χ1v) is 6.34. The highest BCUT2D eigenvalue weighted by Gasteiger charge is 2.15. The Morgan fingerprint density at radius 1 is 1.37 bits per heavy atom. The highest BCUT2D eigenvalue weighted by atomic mass is 15.3. The topological polar surface area (TPSA) is 81.7 Å². The Balaban J connectivity index is 2.08. The normalized spacial score (nSPS) is 12.6. The molecule has 0 fully saturated rings. The quantitative estimate of drug-likeness (QED) is 0.618. The first-order valence-electron chi connectivity index (χ1n) is 6.34. The molecule has 2 heterocycles. The Labute approximate surface area is 113 Å². The van der Waals surface area contributed by atoms with Crippen molar-refractivity contribution in [3.63, 3.8) is 0 Å². The molecule has 0 saturated heterocycles. The average Bonchev–Trinajstić information content (AvgIpc) is 2.66. The van der Waals surface area contributed by atoms with Crippen molar-refractivity contribution in [3.8, 4) is 0 Å². The van der Waals surface area contributed by atoms with Crippen molar-refractivity contribution in [1.82, 2.24) is 25.2 Å². The van der Waals surface area contributed by atoms with Crippen LogP contribution in [0.15, 0.2) is 18.6 Å². The number of rotatable bonds is 5. The molecule has 0 saturated carbocycles. The number of hydrogen-bond acceptors (Lipinski definition) is 5. The van der Waals surface area contributed by atoms with Crippen molar-refractivity contribution in [2.24, 2.45) is 12.9 Å². The van der Waals surface area contributed by atoms with E-state index in [1.165, 1.54) is 11.3 Å². The highest BCUT2D eigenvalue weighted by Crippen LogP contribution is 2.19. The Kier molecular flexibility index (Phi) is 4.24. The van der Waals surface area contributed by atoms with Gasteiger partial charge in [-0.25, -0.2) is 0 Å². The van der Waals surface area contributed by atoms with E-state index in [1.807, 2.05) is 18.7 Å². The van der Waals surface area contributed by atoms with Crippen LogP contribution >= 0.6 is 0 Å². The third-order valence-electron chi connectivity index (χ3n) is 3.48. The van der Waals surface area contributed by atoms with Crippen LogP contribution in [0.3, 0.4) is 0 Å². The number of aromatic nitrogens is 4. The number of hydrazine groups is 1. The summed E-state index contributed by atoms with van der Waals surface area (Å²) in [4.78, 5) is 8.36. The molecule has 0 aliphatic carbocycles. The van der Waals surface area contributed by atoms with E-state index in [-0.39, 0.29) is 6.04 Å². The SMILES string of the molecule is Cc1nn(C)c(C)c1CCC(NN)c1cnccn1. The Hall–Kier alpha value is -1.79. The summed E-state index contributed by atoms with van der Waals surface area (Å²) in [5.74, 6) is 5.61. The average molecular weight is 260 g/mol. The van der Waals surface area contributed by atoms with E-state index >= 15 is 0 Å². The summed E-state index contributed by atoms with van der Waals surface area (Å²) >= 11 is 0. The molecule has 0 bridgehead atoms. The number of nitrogens with zero attached hydrogens (tertiary/aromatic N) is 4. The molecule has 6 nitrogen and oxygen atoms in total. The fourth-order valence-electron chi connectivity index (χ4n) is 2.28. The zero-order valence-corrected chi connectivity index (χ0v) is 11.6. The largest absolute Gasteiger partial charge is 0.272 e. The third-order valence-corrected chi connectivity index (χ3v) is 3.48. The fraction of sp³-hybridized carbons (Fsp3) is 0.462. The van der Waals surface area contributed by atoms with Gasteiger partial charge in [0, 0.05) is 25.1 Å². The molecule has 0 aliphatic rings. The number of aryl methyl sites for hydroxylation is 2. The zero-order valence-electron chi connectivity index (χ0n) is 11.6. The summed E-state index contributed by atoms with van der Waals surface area (Å²) in [5, 5.41) is 4.42. The van der Waals surface area contributed by atoms with Crippen LogP contribution in [0, 0.1) is 13.8 Å². The number of hydrogen-bond donors (Lipinski definition) is 2. The van der Waals surface area contributed by atoms with Crippen molar-refractivity contribution in [2.75, 3.05) is 0 Å². The monoisotopic (exact) mass is 260 g/mol. The second-order valence-corrected chi connectivity index (χ2v) is 4.66. The zero-order chi connectivity index (χ0) is 13.8. The van der Waals surface area contributed by atoms with Gasteiger partial charge in [0.15, 0.2) is 0 Å². The van der Waals surface area contributed by atoms with Crippen molar-refractivity contribution >= 4 is 0 Å². The number of nitrogens with one attached hydrogen (secondary N) is 1. The van der Waals surface area contributed by atoms with Gasteiger partial charge in [-0.05, 0) is 32.3 Å². The van der Waals surface area contributed by atoms with Gasteiger partial charge < -0.3 is 0 Å². The first-order chi connectivity index (χ1) is 9.13. The van der Waals surface area contributed by atoms with Crippen LogP contribution in [0.25, 0.3) is 0 Å². The summed E-state index contributed by atoms with van der Waals surface area (Å²) in [6, 6.07) is 0.00714. The molecular weight excluding hydrogens is 240 g/mol. The molecule has 0 aliphatic heterocycles. The molecule has 2 aromatic heterocycles. The molecule has 6 heteroatoms. The predicted octanol–water partition coefficient (Wildman–Crippen LogP) is 0.964. The molecule has 1 atom stereocenters. The van der Waals surface area contributed by atoms with Gasteiger partial charge in [-0.15, -0.1) is 0 Å². The maximum atomic E-state index is 5.61. The lowest BCUT2D eigenvalue weighted by Gasteiger charge is -2.14. The van der Waals surface area contributed by atoms with Crippen LogP contribution in [0.5, 0.6) is 0 Å². The second kappa shape index (κ2) is 5.90. The standard InChI is InChI=1S/C13H20N6/c1-9-11(10(2)19(3)18-9)4-5-12(17-14)13-8-15-6-7-16-13/h6-8,12,17H,4-5,14H2,1-3H3. The molecular formula is C13H20N6. The Morgan fingerprint density at radius 2 is 2.16 bits per heavy atom. The van der Waals surface area contributed by atoms with Crippen LogP contribution in [0.2, 0.25) is 0 Å². The smallest absolute Gasteiger partial charge is 0.0769 e. The minimum absolute atomic E-state index is 0.00714. The van der Waals surface area contributed by atoms with E-state index in [0.717, 1.165) is 24.2 Å². The molecule has 0 spiro atoms. The third kappa shape index (κ3) is 2.97. The van der Waals surface area contributed by atoms with Crippen LogP contribution in [0.1, 0.15) is 35.1 Å². The van der Waals surface area contributed by atoms with Gasteiger partial charge in [0.05, 0.1) is 23.6 Å². The summed E-state index contributed by atoms with van der Waals surface area (Å²) in [6.07, 6.45) is 6.86. The molecule has 0 amide bonds. The number of nitrogens with two attached hydrogens (primary N) is 1. The maximum absolute atomic E-state index is 5.61. The minimum Gasteiger partial charge on any atom is -0.272 e. The molecule has 3 N–H and O–H groups in total. The summed E-state index contributed by atoms with van der Waals surface area (Å²) in [6.45, 7) is 4.12. The van der Waals surface area contributed by atoms with E-state index < -0.39 is 0 Å². The van der Waals surface area contributed by atoms with Crippen molar-refractivity contribution in [1.29, 1.82) is 0 Å². The van der Waals surface area contributed by atoms with Crippen molar-refractivity contribution < 1.29 is 0 Å². The van der Waals surface area contributed by atoms with E-state index in [0.29, 0.717) is 0 Å². The van der Waals surface area contributed by atoms with Gasteiger partial charge in [0.25, 0.3) is 0 Å². The van der Waals surface area contributed by atoms with Gasteiger partial charge >= 0.3 is 0 Å². The summed E-state index contributed by atoms with van der Waals surface area (Å²) in [5.41, 5.74) is 7.23. The lowest BCUT2D eigenvalue weighted by Crippen LogP contribution is -2.29. The van der Waals surface area contributed by atoms with E-state index in [4.69, 9.17) is 5.84 Å². The molecule has 102 valence electrons. The first kappa shape index (κ1) is 13.6. The molecule has 2 aromatic rings. The predicted molar refractivity (Wildman–Crippen MR) is 73.1 cm³/mol. The van der Waals surface area contributed by atoms with E-state index in [9.17, 15) is 0 Å². The van der Waals surface area contributed by atoms with Gasteiger partial charge in [-0.1, -0.05) is 0 Å². The summed E-state index contributed by atoms with van der Waals surface area (Å²) in [7, 11) is 1.97. The lowest BCUT2D eigenvalue weighted by molar-refractivity contribution is 0.501. The summed E-state index contributed by atoms with van der Waals surface area (Å²) < 4.78 is 1.91. The fourth-order valence-corrected chi connectivity index (χ4v) is 2.28.